The summed E-state index contributed by atoms with van der Waals surface area (Å²) in [5.74, 6) is -1.25. The SMILES string of the molecule is Cc1ccc(CN(C)C(=O)COC(=O)C(O)(c2ccccc2)c2ccccc2)cc1. The molecule has 0 aliphatic carbocycles. The summed E-state index contributed by atoms with van der Waals surface area (Å²) < 4.78 is 5.28. The van der Waals surface area contributed by atoms with Gasteiger partial charge in [0.1, 0.15) is 0 Å². The Morgan fingerprint density at radius 1 is 0.867 bits per heavy atom. The van der Waals surface area contributed by atoms with Crippen LogP contribution in [0.1, 0.15) is 22.3 Å². The molecule has 154 valence electrons. The van der Waals surface area contributed by atoms with Crippen molar-refractivity contribution in [2.75, 3.05) is 13.7 Å². The molecule has 0 spiro atoms. The first kappa shape index (κ1) is 21.3. The number of carbonyl (C=O) groups excluding carboxylic acids is 2. The summed E-state index contributed by atoms with van der Waals surface area (Å²) in [6.07, 6.45) is 0. The van der Waals surface area contributed by atoms with E-state index in [0.29, 0.717) is 17.7 Å². The third-order valence-corrected chi connectivity index (χ3v) is 4.97. The highest BCUT2D eigenvalue weighted by Gasteiger charge is 2.41. The first-order valence-electron chi connectivity index (χ1n) is 9.71. The summed E-state index contributed by atoms with van der Waals surface area (Å²) in [4.78, 5) is 26.9. The number of rotatable bonds is 7. The van der Waals surface area contributed by atoms with Gasteiger partial charge >= 0.3 is 5.97 Å². The molecule has 5 nitrogen and oxygen atoms in total. The Kier molecular flexibility index (Phi) is 6.65. The quantitative estimate of drug-likeness (QED) is 0.614. The Morgan fingerprint density at radius 3 is 1.87 bits per heavy atom. The monoisotopic (exact) mass is 403 g/mol. The molecule has 0 unspecified atom stereocenters. The molecular formula is C25H25NO4. The average Bonchev–Trinajstić information content (AvgIpc) is 2.79. The molecule has 3 aromatic rings. The molecule has 3 aromatic carbocycles. The Morgan fingerprint density at radius 2 is 1.37 bits per heavy atom. The lowest BCUT2D eigenvalue weighted by Crippen LogP contribution is -2.40. The van der Waals surface area contributed by atoms with E-state index in [1.807, 2.05) is 31.2 Å². The summed E-state index contributed by atoms with van der Waals surface area (Å²) in [6, 6.07) is 25.0. The maximum Gasteiger partial charge on any atom is 0.348 e. The molecule has 0 radical (unpaired) electrons. The fourth-order valence-corrected chi connectivity index (χ4v) is 3.16. The zero-order valence-electron chi connectivity index (χ0n) is 17.1. The minimum absolute atomic E-state index is 0.354. The molecule has 0 aliphatic heterocycles. The molecule has 0 aliphatic rings. The number of esters is 1. The second-order valence-electron chi connectivity index (χ2n) is 7.25. The van der Waals surface area contributed by atoms with Gasteiger partial charge in [0.25, 0.3) is 5.91 Å². The highest BCUT2D eigenvalue weighted by atomic mass is 16.6. The van der Waals surface area contributed by atoms with E-state index in [9.17, 15) is 14.7 Å². The van der Waals surface area contributed by atoms with Crippen molar-refractivity contribution in [1.82, 2.24) is 4.90 Å². The summed E-state index contributed by atoms with van der Waals surface area (Å²) in [5.41, 5.74) is 0.872. The van der Waals surface area contributed by atoms with E-state index in [4.69, 9.17) is 4.74 Å². The predicted octanol–water partition coefficient (Wildman–Crippen LogP) is 3.43. The van der Waals surface area contributed by atoms with Crippen molar-refractivity contribution in [3.63, 3.8) is 0 Å². The van der Waals surface area contributed by atoms with Crippen LogP contribution in [0.3, 0.4) is 0 Å². The van der Waals surface area contributed by atoms with Gasteiger partial charge in [-0.1, -0.05) is 90.5 Å². The molecular weight excluding hydrogens is 378 g/mol. The van der Waals surface area contributed by atoms with Crippen LogP contribution in [-0.4, -0.2) is 35.5 Å². The van der Waals surface area contributed by atoms with Crippen LogP contribution >= 0.6 is 0 Å². The molecule has 1 N–H and O–H groups in total. The maximum absolute atomic E-state index is 12.9. The van der Waals surface area contributed by atoms with E-state index in [0.717, 1.165) is 11.1 Å². The van der Waals surface area contributed by atoms with Gasteiger partial charge in [0.15, 0.2) is 6.61 Å². The molecule has 0 fully saturated rings. The zero-order valence-corrected chi connectivity index (χ0v) is 17.1. The van der Waals surface area contributed by atoms with Crippen LogP contribution in [0, 0.1) is 6.92 Å². The van der Waals surface area contributed by atoms with Crippen molar-refractivity contribution in [2.24, 2.45) is 0 Å². The number of nitrogens with zero attached hydrogens (tertiary/aromatic N) is 1. The first-order valence-corrected chi connectivity index (χ1v) is 9.71. The fraction of sp³-hybridized carbons (Fsp3) is 0.200. The van der Waals surface area contributed by atoms with Crippen LogP contribution < -0.4 is 0 Å². The van der Waals surface area contributed by atoms with Gasteiger partial charge < -0.3 is 14.7 Å². The number of hydrogen-bond acceptors (Lipinski definition) is 4. The Bertz CT molecular complexity index is 945. The van der Waals surface area contributed by atoms with E-state index < -0.39 is 18.2 Å². The fourth-order valence-electron chi connectivity index (χ4n) is 3.16. The molecule has 0 atom stereocenters. The van der Waals surface area contributed by atoms with Gasteiger partial charge in [0, 0.05) is 13.6 Å². The average molecular weight is 403 g/mol. The van der Waals surface area contributed by atoms with Gasteiger partial charge in [0.05, 0.1) is 0 Å². The van der Waals surface area contributed by atoms with Crippen LogP contribution in [-0.2, 0) is 26.5 Å². The van der Waals surface area contributed by atoms with Crippen LogP contribution in [0.25, 0.3) is 0 Å². The van der Waals surface area contributed by atoms with Crippen molar-refractivity contribution in [3.05, 3.63) is 107 Å². The first-order chi connectivity index (χ1) is 14.4. The van der Waals surface area contributed by atoms with E-state index in [2.05, 4.69) is 0 Å². The third kappa shape index (κ3) is 4.75. The van der Waals surface area contributed by atoms with E-state index in [-0.39, 0.29) is 5.91 Å². The number of carbonyl (C=O) groups is 2. The summed E-state index contributed by atoms with van der Waals surface area (Å²) in [6.45, 7) is 1.94. The lowest BCUT2D eigenvalue weighted by Gasteiger charge is -2.27. The third-order valence-electron chi connectivity index (χ3n) is 4.97. The molecule has 1 amide bonds. The Hall–Kier alpha value is -3.44. The molecule has 30 heavy (non-hydrogen) atoms. The van der Waals surface area contributed by atoms with Gasteiger partial charge in [0.2, 0.25) is 5.60 Å². The van der Waals surface area contributed by atoms with Crippen molar-refractivity contribution < 1.29 is 19.4 Å². The Balaban J connectivity index is 1.72. The summed E-state index contributed by atoms with van der Waals surface area (Å²) in [5, 5.41) is 11.3. The van der Waals surface area contributed by atoms with Crippen molar-refractivity contribution in [1.29, 1.82) is 0 Å². The highest BCUT2D eigenvalue weighted by molar-refractivity contribution is 5.88. The number of aryl methyl sites for hydroxylation is 1. The van der Waals surface area contributed by atoms with Crippen LogP contribution in [0.4, 0.5) is 0 Å². The van der Waals surface area contributed by atoms with Crippen molar-refractivity contribution >= 4 is 11.9 Å². The largest absolute Gasteiger partial charge is 0.453 e. The van der Waals surface area contributed by atoms with Crippen LogP contribution in [0.2, 0.25) is 0 Å². The normalized spacial score (nSPS) is 11.0. The smallest absolute Gasteiger partial charge is 0.348 e. The molecule has 0 heterocycles. The number of likely N-dealkylation sites (N-methyl/N-ethyl adjacent to an activating group) is 1. The minimum atomic E-state index is -2.00. The van der Waals surface area contributed by atoms with Gasteiger partial charge in [-0.25, -0.2) is 4.79 Å². The lowest BCUT2D eigenvalue weighted by atomic mass is 9.86. The molecule has 0 saturated heterocycles. The van der Waals surface area contributed by atoms with Crippen molar-refractivity contribution in [2.45, 2.75) is 19.1 Å². The number of benzene rings is 3. The molecule has 0 bridgehead atoms. The number of amides is 1. The standard InChI is InChI=1S/C25H25NO4/c1-19-13-15-20(16-14-19)17-26(2)23(27)18-30-24(28)25(29,21-9-5-3-6-10-21)22-11-7-4-8-12-22/h3-16,29H,17-18H2,1-2H3. The van der Waals surface area contributed by atoms with E-state index in [1.54, 1.807) is 67.7 Å². The highest BCUT2D eigenvalue weighted by Crippen LogP contribution is 2.31. The van der Waals surface area contributed by atoms with Crippen LogP contribution in [0.5, 0.6) is 0 Å². The predicted molar refractivity (Wildman–Crippen MR) is 114 cm³/mol. The van der Waals surface area contributed by atoms with Gasteiger partial charge in [-0.15, -0.1) is 0 Å². The molecule has 0 saturated carbocycles. The number of ether oxygens (including phenoxy) is 1. The minimum Gasteiger partial charge on any atom is -0.453 e. The van der Waals surface area contributed by atoms with Gasteiger partial charge in [-0.05, 0) is 23.6 Å². The topological polar surface area (TPSA) is 66.8 Å². The maximum atomic E-state index is 12.9. The second-order valence-corrected chi connectivity index (χ2v) is 7.25. The lowest BCUT2D eigenvalue weighted by molar-refractivity contribution is -0.166. The summed E-state index contributed by atoms with van der Waals surface area (Å²) in [7, 11) is 1.65. The number of aliphatic hydroxyl groups is 1. The van der Waals surface area contributed by atoms with Crippen LogP contribution in [0.15, 0.2) is 84.9 Å². The zero-order chi connectivity index (χ0) is 21.6. The molecule has 5 heteroatoms. The van der Waals surface area contributed by atoms with E-state index >= 15 is 0 Å². The Labute approximate surface area is 176 Å². The van der Waals surface area contributed by atoms with E-state index in [1.165, 1.54) is 4.90 Å². The van der Waals surface area contributed by atoms with Gasteiger partial charge in [-0.3, -0.25) is 4.79 Å². The van der Waals surface area contributed by atoms with Gasteiger partial charge in [-0.2, -0.15) is 0 Å². The second kappa shape index (κ2) is 9.37. The molecule has 3 rings (SSSR count). The molecule has 0 aromatic heterocycles. The number of hydrogen-bond donors (Lipinski definition) is 1. The van der Waals surface area contributed by atoms with Crippen molar-refractivity contribution in [3.8, 4) is 0 Å². The summed E-state index contributed by atoms with van der Waals surface area (Å²) >= 11 is 0.